The fourth-order valence-corrected chi connectivity index (χ4v) is 4.72. The first kappa shape index (κ1) is 22.4. The van der Waals surface area contributed by atoms with Crippen LogP contribution in [0.5, 0.6) is 0 Å². The predicted molar refractivity (Wildman–Crippen MR) is 120 cm³/mol. The van der Waals surface area contributed by atoms with Crippen LogP contribution in [0, 0.1) is 10.1 Å². The number of rotatable bonds is 7. The highest BCUT2D eigenvalue weighted by Crippen LogP contribution is 2.36. The summed E-state index contributed by atoms with van der Waals surface area (Å²) < 4.78 is 1.42. The molecule has 3 aromatic rings. The molecule has 2 aromatic carbocycles. The van der Waals surface area contributed by atoms with Gasteiger partial charge in [0.15, 0.2) is 0 Å². The van der Waals surface area contributed by atoms with Crippen LogP contribution in [-0.4, -0.2) is 36.9 Å². The summed E-state index contributed by atoms with van der Waals surface area (Å²) >= 11 is 1.09. The molecule has 2 amide bonds. The Hall–Kier alpha value is -3.80. The van der Waals surface area contributed by atoms with Crippen molar-refractivity contribution >= 4 is 35.0 Å². The SMILES string of the molecule is Cn1nnnc1Sc1ccc([N+](=O)[O-])cc1C(=O)Nc1ccc(C2CCCC2)cc1C(N)=O. The lowest BCUT2D eigenvalue weighted by molar-refractivity contribution is -0.384. The Bertz CT molecular complexity index is 1240. The van der Waals surface area contributed by atoms with E-state index in [2.05, 4.69) is 20.8 Å². The van der Waals surface area contributed by atoms with Gasteiger partial charge in [0.05, 0.1) is 21.7 Å². The maximum atomic E-state index is 13.2. The van der Waals surface area contributed by atoms with E-state index in [-0.39, 0.29) is 22.5 Å². The Kier molecular flexibility index (Phi) is 6.36. The standard InChI is InChI=1S/C21H21N7O4S/c1-27-21(24-25-26-27)33-18-9-7-14(28(31)32)11-16(18)20(30)23-17-8-6-13(10-15(17)19(22)29)12-4-2-3-5-12/h6-12H,2-5H2,1H3,(H2,22,29)(H,23,30). The minimum Gasteiger partial charge on any atom is -0.366 e. The molecule has 12 heteroatoms. The maximum Gasteiger partial charge on any atom is 0.270 e. The van der Waals surface area contributed by atoms with Crippen molar-refractivity contribution in [2.24, 2.45) is 12.8 Å². The Labute approximate surface area is 192 Å². The summed E-state index contributed by atoms with van der Waals surface area (Å²) in [6.45, 7) is 0. The Balaban J connectivity index is 1.67. The number of nitro benzene ring substituents is 1. The van der Waals surface area contributed by atoms with Crippen molar-refractivity contribution < 1.29 is 14.5 Å². The summed E-state index contributed by atoms with van der Waals surface area (Å²) in [4.78, 5) is 36.4. The van der Waals surface area contributed by atoms with Gasteiger partial charge in [0.2, 0.25) is 5.16 Å². The first-order valence-electron chi connectivity index (χ1n) is 10.3. The maximum absolute atomic E-state index is 13.2. The van der Waals surface area contributed by atoms with Crippen molar-refractivity contribution in [2.45, 2.75) is 41.7 Å². The monoisotopic (exact) mass is 467 g/mol. The summed E-state index contributed by atoms with van der Waals surface area (Å²) in [5, 5.41) is 25.6. The minimum atomic E-state index is -0.663. The van der Waals surface area contributed by atoms with Gasteiger partial charge in [-0.2, -0.15) is 0 Å². The third-order valence-corrected chi connectivity index (χ3v) is 6.69. The zero-order chi connectivity index (χ0) is 23.5. The van der Waals surface area contributed by atoms with E-state index in [1.165, 1.54) is 22.9 Å². The number of hydrogen-bond donors (Lipinski definition) is 2. The smallest absolute Gasteiger partial charge is 0.270 e. The quantitative estimate of drug-likeness (QED) is 0.395. The third-order valence-electron chi connectivity index (χ3n) is 5.58. The van der Waals surface area contributed by atoms with Crippen LogP contribution in [0.2, 0.25) is 0 Å². The highest BCUT2D eigenvalue weighted by molar-refractivity contribution is 7.99. The largest absolute Gasteiger partial charge is 0.366 e. The Morgan fingerprint density at radius 2 is 1.94 bits per heavy atom. The number of aromatic nitrogens is 4. The number of benzene rings is 2. The van der Waals surface area contributed by atoms with Gasteiger partial charge >= 0.3 is 0 Å². The lowest BCUT2D eigenvalue weighted by Gasteiger charge is -2.15. The molecule has 0 atom stereocenters. The number of nitrogens with zero attached hydrogens (tertiary/aromatic N) is 5. The van der Waals surface area contributed by atoms with Gasteiger partial charge < -0.3 is 11.1 Å². The zero-order valence-electron chi connectivity index (χ0n) is 17.7. The fraction of sp³-hybridized carbons (Fsp3) is 0.286. The molecule has 1 aliphatic rings. The zero-order valence-corrected chi connectivity index (χ0v) is 18.5. The summed E-state index contributed by atoms with van der Waals surface area (Å²) in [5.74, 6) is -0.913. The van der Waals surface area contributed by atoms with Gasteiger partial charge in [-0.1, -0.05) is 18.9 Å². The molecule has 0 aliphatic heterocycles. The highest BCUT2D eigenvalue weighted by atomic mass is 32.2. The number of amides is 2. The normalized spacial score (nSPS) is 13.7. The van der Waals surface area contributed by atoms with Crippen LogP contribution in [0.4, 0.5) is 11.4 Å². The second kappa shape index (κ2) is 9.36. The summed E-state index contributed by atoms with van der Waals surface area (Å²) in [6.07, 6.45) is 4.39. The molecule has 0 spiro atoms. The molecule has 3 N–H and O–H groups in total. The van der Waals surface area contributed by atoms with Crippen molar-refractivity contribution in [3.05, 3.63) is 63.2 Å². The third kappa shape index (κ3) is 4.85. The number of nitrogens with two attached hydrogens (primary N) is 1. The van der Waals surface area contributed by atoms with E-state index < -0.39 is 16.7 Å². The number of nitro groups is 1. The highest BCUT2D eigenvalue weighted by Gasteiger charge is 2.23. The van der Waals surface area contributed by atoms with Gasteiger partial charge in [-0.15, -0.1) is 5.10 Å². The molecule has 1 heterocycles. The van der Waals surface area contributed by atoms with Crippen LogP contribution < -0.4 is 11.1 Å². The van der Waals surface area contributed by atoms with E-state index >= 15 is 0 Å². The number of hydrogen-bond acceptors (Lipinski definition) is 8. The molecule has 1 aromatic heterocycles. The topological polar surface area (TPSA) is 159 Å². The van der Waals surface area contributed by atoms with E-state index in [1.807, 2.05) is 6.07 Å². The fourth-order valence-electron chi connectivity index (χ4n) is 3.88. The Morgan fingerprint density at radius 1 is 1.18 bits per heavy atom. The molecule has 0 unspecified atom stereocenters. The molecule has 11 nitrogen and oxygen atoms in total. The van der Waals surface area contributed by atoms with Crippen LogP contribution >= 0.6 is 11.8 Å². The van der Waals surface area contributed by atoms with Gasteiger partial charge in [-0.3, -0.25) is 19.7 Å². The minimum absolute atomic E-state index is 0.0486. The van der Waals surface area contributed by atoms with Crippen molar-refractivity contribution in [3.8, 4) is 0 Å². The molecule has 170 valence electrons. The van der Waals surface area contributed by atoms with Crippen LogP contribution in [-0.2, 0) is 7.05 Å². The Morgan fingerprint density at radius 3 is 2.58 bits per heavy atom. The number of non-ortho nitro benzene ring substituents is 1. The second-order valence-electron chi connectivity index (χ2n) is 7.73. The van der Waals surface area contributed by atoms with E-state index in [1.54, 1.807) is 19.2 Å². The number of anilines is 1. The number of carbonyl (C=O) groups is 2. The molecule has 0 radical (unpaired) electrons. The van der Waals surface area contributed by atoms with Crippen molar-refractivity contribution in [3.63, 3.8) is 0 Å². The summed E-state index contributed by atoms with van der Waals surface area (Å²) in [6, 6.07) is 9.20. The number of carbonyl (C=O) groups excluding carboxylic acids is 2. The predicted octanol–water partition coefficient (Wildman–Crippen LogP) is 3.28. The van der Waals surface area contributed by atoms with Gasteiger partial charge in [0.25, 0.3) is 17.5 Å². The average Bonchev–Trinajstić information content (AvgIpc) is 3.46. The molecule has 1 fully saturated rings. The molecule has 0 saturated heterocycles. The molecule has 4 rings (SSSR count). The van der Waals surface area contributed by atoms with Crippen molar-refractivity contribution in [1.82, 2.24) is 20.2 Å². The molecular formula is C21H21N7O4S. The number of primary amides is 1. The number of nitrogens with one attached hydrogen (secondary N) is 1. The number of tetrazole rings is 1. The molecular weight excluding hydrogens is 446 g/mol. The summed E-state index contributed by atoms with van der Waals surface area (Å²) in [5.41, 5.74) is 6.85. The number of aryl methyl sites for hydroxylation is 1. The van der Waals surface area contributed by atoms with Crippen LogP contribution in [0.15, 0.2) is 46.5 Å². The van der Waals surface area contributed by atoms with Gasteiger partial charge in [-0.25, -0.2) is 4.68 Å². The van der Waals surface area contributed by atoms with E-state index in [9.17, 15) is 19.7 Å². The van der Waals surface area contributed by atoms with E-state index in [4.69, 9.17) is 5.73 Å². The first-order valence-corrected chi connectivity index (χ1v) is 11.1. The van der Waals surface area contributed by atoms with E-state index in [0.717, 1.165) is 43.0 Å². The molecule has 1 aliphatic carbocycles. The lowest BCUT2D eigenvalue weighted by Crippen LogP contribution is -2.19. The molecule has 0 bridgehead atoms. The summed E-state index contributed by atoms with van der Waals surface area (Å²) in [7, 11) is 1.64. The van der Waals surface area contributed by atoms with Gasteiger partial charge in [0.1, 0.15) is 0 Å². The molecule has 33 heavy (non-hydrogen) atoms. The lowest BCUT2D eigenvalue weighted by atomic mass is 9.95. The van der Waals surface area contributed by atoms with E-state index in [0.29, 0.717) is 16.0 Å². The van der Waals surface area contributed by atoms with Crippen LogP contribution in [0.1, 0.15) is 57.9 Å². The van der Waals surface area contributed by atoms with Crippen LogP contribution in [0.3, 0.4) is 0 Å². The molecule has 1 saturated carbocycles. The van der Waals surface area contributed by atoms with Crippen molar-refractivity contribution in [2.75, 3.05) is 5.32 Å². The van der Waals surface area contributed by atoms with Gasteiger partial charge in [0, 0.05) is 24.1 Å². The van der Waals surface area contributed by atoms with Crippen molar-refractivity contribution in [1.29, 1.82) is 0 Å². The average molecular weight is 468 g/mol. The van der Waals surface area contributed by atoms with Crippen LogP contribution in [0.25, 0.3) is 0 Å². The first-order chi connectivity index (χ1) is 15.8. The van der Waals surface area contributed by atoms with Gasteiger partial charge in [-0.05, 0) is 64.7 Å². The second-order valence-corrected chi connectivity index (χ2v) is 8.74.